The molecule has 3 nitrogen and oxygen atoms in total. The molecule has 2 aromatic carbocycles. The molecule has 0 bridgehead atoms. The Labute approximate surface area is 263 Å². The van der Waals surface area contributed by atoms with Gasteiger partial charge >= 0.3 is 0 Å². The third-order valence-electron chi connectivity index (χ3n) is 7.30. The van der Waals surface area contributed by atoms with E-state index in [0.29, 0.717) is 0 Å². The molecule has 0 unspecified atom stereocenters. The minimum absolute atomic E-state index is 0.0370. The first-order valence-corrected chi connectivity index (χ1v) is 15.8. The number of carbonyl (C=O) groups is 1. The number of aldehydes is 1. The molecule has 1 aliphatic carbocycles. The first kappa shape index (κ1) is 37.8. The Balaban J connectivity index is 0.000000359. The van der Waals surface area contributed by atoms with Crippen molar-refractivity contribution in [1.82, 2.24) is 0 Å². The predicted molar refractivity (Wildman–Crippen MR) is 185 cm³/mol. The Morgan fingerprint density at radius 2 is 1.35 bits per heavy atom. The standard InChI is InChI=1S/C20H28O.C14H14.C6H14O2/c1-16(8-6-9-17(2)13-15-21)11-12-19-18(3)10-7-14-20(19,4)5;1-3-7-13(8-4-1)11-12-14-9-5-2-6-10-14;1-4-7-6(3)8-5-2/h6,8-9,11-13,15H,7,10,14H2,1-5H3;1-10H,11-12H2;6H,4-5H2,1-3H3/b9-6+,12-11+,16-8+,17-13+;;. The first-order valence-electron chi connectivity index (χ1n) is 15.8. The molecule has 234 valence electrons. The molecule has 0 aliphatic heterocycles. The van der Waals surface area contributed by atoms with Gasteiger partial charge in [0.15, 0.2) is 6.29 Å². The van der Waals surface area contributed by atoms with Crippen LogP contribution in [-0.4, -0.2) is 25.8 Å². The van der Waals surface area contributed by atoms with Gasteiger partial charge in [-0.15, -0.1) is 0 Å². The van der Waals surface area contributed by atoms with Crippen LogP contribution in [0.25, 0.3) is 0 Å². The van der Waals surface area contributed by atoms with Gasteiger partial charge in [0.2, 0.25) is 0 Å². The number of aryl methyl sites for hydroxylation is 2. The largest absolute Gasteiger partial charge is 0.353 e. The maximum absolute atomic E-state index is 10.3. The normalized spacial score (nSPS) is 15.3. The lowest BCUT2D eigenvalue weighted by Crippen LogP contribution is -2.19. The van der Waals surface area contributed by atoms with Crippen molar-refractivity contribution in [1.29, 1.82) is 0 Å². The predicted octanol–water partition coefficient (Wildman–Crippen LogP) is 10.6. The van der Waals surface area contributed by atoms with Crippen LogP contribution in [0.15, 0.2) is 119 Å². The van der Waals surface area contributed by atoms with Crippen LogP contribution in [0.1, 0.15) is 85.8 Å². The number of rotatable bonds is 12. The topological polar surface area (TPSA) is 35.5 Å². The summed E-state index contributed by atoms with van der Waals surface area (Å²) in [6, 6.07) is 21.2. The minimum Gasteiger partial charge on any atom is -0.353 e. The fourth-order valence-corrected chi connectivity index (χ4v) is 4.89. The molecular formula is C40H56O3. The van der Waals surface area contributed by atoms with E-state index in [4.69, 9.17) is 9.47 Å². The third-order valence-corrected chi connectivity index (χ3v) is 7.30. The van der Waals surface area contributed by atoms with Crippen molar-refractivity contribution in [2.45, 2.75) is 93.8 Å². The third kappa shape index (κ3) is 17.4. The molecule has 0 atom stereocenters. The van der Waals surface area contributed by atoms with Gasteiger partial charge in [0.1, 0.15) is 6.29 Å². The lowest BCUT2D eigenvalue weighted by molar-refractivity contribution is -0.123. The van der Waals surface area contributed by atoms with Gasteiger partial charge in [-0.25, -0.2) is 0 Å². The number of allylic oxidation sites excluding steroid dienone is 10. The maximum Gasteiger partial charge on any atom is 0.154 e. The second kappa shape index (κ2) is 22.3. The van der Waals surface area contributed by atoms with Gasteiger partial charge in [0.05, 0.1) is 0 Å². The summed E-state index contributed by atoms with van der Waals surface area (Å²) in [5.74, 6) is 0. The highest BCUT2D eigenvalue weighted by atomic mass is 16.7. The van der Waals surface area contributed by atoms with E-state index in [0.717, 1.165) is 37.9 Å². The average Bonchev–Trinajstić information content (AvgIpc) is 2.98. The molecule has 0 heterocycles. The molecule has 0 saturated heterocycles. The summed E-state index contributed by atoms with van der Waals surface area (Å²) in [5.41, 5.74) is 8.31. The summed E-state index contributed by atoms with van der Waals surface area (Å²) >= 11 is 0. The lowest BCUT2D eigenvalue weighted by atomic mass is 9.72. The van der Waals surface area contributed by atoms with E-state index in [-0.39, 0.29) is 11.7 Å². The van der Waals surface area contributed by atoms with Crippen LogP contribution < -0.4 is 0 Å². The molecule has 3 heteroatoms. The zero-order chi connectivity index (χ0) is 31.9. The molecule has 43 heavy (non-hydrogen) atoms. The molecule has 0 fully saturated rings. The van der Waals surface area contributed by atoms with Crippen LogP contribution in [0.2, 0.25) is 0 Å². The summed E-state index contributed by atoms with van der Waals surface area (Å²) < 4.78 is 10.1. The molecule has 3 rings (SSSR count). The molecule has 0 N–H and O–H groups in total. The molecule has 0 radical (unpaired) electrons. The Kier molecular flexibility index (Phi) is 19.6. The van der Waals surface area contributed by atoms with E-state index >= 15 is 0 Å². The number of hydrogen-bond donors (Lipinski definition) is 0. The summed E-state index contributed by atoms with van der Waals surface area (Å²) in [5, 5.41) is 0. The highest BCUT2D eigenvalue weighted by Gasteiger charge is 2.26. The van der Waals surface area contributed by atoms with E-state index in [1.165, 1.54) is 47.1 Å². The van der Waals surface area contributed by atoms with Gasteiger partial charge in [0, 0.05) is 13.2 Å². The monoisotopic (exact) mass is 584 g/mol. The van der Waals surface area contributed by atoms with Crippen LogP contribution in [0.3, 0.4) is 0 Å². The molecule has 1 aliphatic rings. The number of ether oxygens (including phenoxy) is 2. The Morgan fingerprint density at radius 3 is 1.81 bits per heavy atom. The Bertz CT molecular complexity index is 1140. The second-order valence-corrected chi connectivity index (χ2v) is 11.5. The van der Waals surface area contributed by atoms with Gasteiger partial charge in [-0.2, -0.15) is 0 Å². The minimum atomic E-state index is -0.0370. The van der Waals surface area contributed by atoms with Gasteiger partial charge in [0.25, 0.3) is 0 Å². The smallest absolute Gasteiger partial charge is 0.154 e. The van der Waals surface area contributed by atoms with Gasteiger partial charge in [-0.3, -0.25) is 4.79 Å². The van der Waals surface area contributed by atoms with Crippen LogP contribution in [-0.2, 0) is 27.1 Å². The second-order valence-electron chi connectivity index (χ2n) is 11.5. The summed E-state index contributed by atoms with van der Waals surface area (Å²) in [4.78, 5) is 10.3. The maximum atomic E-state index is 10.3. The lowest BCUT2D eigenvalue weighted by Gasteiger charge is -2.32. The Morgan fingerprint density at radius 1 is 0.837 bits per heavy atom. The van der Waals surface area contributed by atoms with E-state index in [9.17, 15) is 4.79 Å². The van der Waals surface area contributed by atoms with Crippen molar-refractivity contribution in [2.75, 3.05) is 13.2 Å². The first-order chi connectivity index (χ1) is 20.6. The molecule has 0 amide bonds. The van der Waals surface area contributed by atoms with Crippen LogP contribution in [0.4, 0.5) is 0 Å². The molecule has 0 aromatic heterocycles. The summed E-state index contributed by atoms with van der Waals surface area (Å²) in [6.07, 6.45) is 18.9. The highest BCUT2D eigenvalue weighted by molar-refractivity contribution is 5.66. The molecule has 2 aromatic rings. The number of hydrogen-bond acceptors (Lipinski definition) is 3. The highest BCUT2D eigenvalue weighted by Crippen LogP contribution is 2.40. The molecular weight excluding hydrogens is 528 g/mol. The average molecular weight is 585 g/mol. The Hall–Kier alpha value is -3.27. The van der Waals surface area contributed by atoms with E-state index in [2.05, 4.69) is 107 Å². The summed E-state index contributed by atoms with van der Waals surface area (Å²) in [6.45, 7) is 18.2. The van der Waals surface area contributed by atoms with E-state index in [1.807, 2.05) is 39.8 Å². The fourth-order valence-electron chi connectivity index (χ4n) is 4.89. The van der Waals surface area contributed by atoms with Crippen molar-refractivity contribution in [3.8, 4) is 0 Å². The van der Waals surface area contributed by atoms with Gasteiger partial charge < -0.3 is 9.47 Å². The van der Waals surface area contributed by atoms with Gasteiger partial charge in [-0.05, 0) is 107 Å². The van der Waals surface area contributed by atoms with Gasteiger partial charge in [-0.1, -0.05) is 116 Å². The van der Waals surface area contributed by atoms with Crippen molar-refractivity contribution in [2.24, 2.45) is 5.41 Å². The van der Waals surface area contributed by atoms with Crippen LogP contribution >= 0.6 is 0 Å². The van der Waals surface area contributed by atoms with Crippen LogP contribution in [0, 0.1) is 5.41 Å². The van der Waals surface area contributed by atoms with E-state index in [1.54, 1.807) is 6.08 Å². The van der Waals surface area contributed by atoms with Crippen molar-refractivity contribution in [3.63, 3.8) is 0 Å². The quantitative estimate of drug-likeness (QED) is 0.108. The fraction of sp³-hybridized carbons (Fsp3) is 0.425. The molecule has 0 spiro atoms. The van der Waals surface area contributed by atoms with Crippen LogP contribution in [0.5, 0.6) is 0 Å². The zero-order valence-electron chi connectivity index (χ0n) is 28.1. The van der Waals surface area contributed by atoms with Crippen molar-refractivity contribution in [3.05, 3.63) is 131 Å². The van der Waals surface area contributed by atoms with Crippen molar-refractivity contribution < 1.29 is 14.3 Å². The van der Waals surface area contributed by atoms with Crippen molar-refractivity contribution >= 4 is 6.29 Å². The number of carbonyl (C=O) groups excluding carboxylic acids is 1. The molecule has 0 saturated carbocycles. The van der Waals surface area contributed by atoms with E-state index < -0.39 is 0 Å². The summed E-state index contributed by atoms with van der Waals surface area (Å²) in [7, 11) is 0. The zero-order valence-corrected chi connectivity index (χ0v) is 28.1. The SMILES string of the molecule is CC1=C(/C=C/C(C)=C/C=C/C(C)=C/C=O)C(C)(C)CCC1.CCOC(C)OCC.c1ccc(CCc2ccccc2)cc1. The number of benzene rings is 2.